The molecule has 11 heteroatoms. The summed E-state index contributed by atoms with van der Waals surface area (Å²) in [5.41, 5.74) is -0.650. The van der Waals surface area contributed by atoms with Crippen LogP contribution < -0.4 is 16.4 Å². The number of H-pyrrole nitrogens is 1. The minimum Gasteiger partial charge on any atom is -0.267 e. The van der Waals surface area contributed by atoms with Crippen LogP contribution in [0.2, 0.25) is 0 Å². The summed E-state index contributed by atoms with van der Waals surface area (Å²) < 4.78 is 36.9. The van der Waals surface area contributed by atoms with Crippen LogP contribution in [0.3, 0.4) is 0 Å². The number of thioether (sulfide) groups is 1. The van der Waals surface area contributed by atoms with Gasteiger partial charge in [-0.15, -0.1) is 0 Å². The Labute approximate surface area is 159 Å². The molecule has 0 unspecified atom stereocenters. The van der Waals surface area contributed by atoms with Gasteiger partial charge >= 0.3 is 5.51 Å². The van der Waals surface area contributed by atoms with Crippen LogP contribution in [0.1, 0.15) is 20.8 Å². The number of hydrogen-bond donors (Lipinski definition) is 3. The number of hydrogen-bond acceptors (Lipinski definition) is 5. The van der Waals surface area contributed by atoms with E-state index in [0.29, 0.717) is 5.39 Å². The van der Waals surface area contributed by atoms with Gasteiger partial charge in [-0.2, -0.15) is 18.3 Å². The summed E-state index contributed by atoms with van der Waals surface area (Å²) in [6, 6.07) is 11.0. The average molecular weight is 408 g/mol. The monoisotopic (exact) mass is 408 g/mol. The van der Waals surface area contributed by atoms with Gasteiger partial charge in [-0.3, -0.25) is 25.2 Å². The summed E-state index contributed by atoms with van der Waals surface area (Å²) in [4.78, 5) is 36.0. The Kier molecular flexibility index (Phi) is 5.36. The molecule has 0 bridgehead atoms. The summed E-state index contributed by atoms with van der Waals surface area (Å²) in [5, 5.41) is 6.44. The molecule has 3 rings (SSSR count). The van der Waals surface area contributed by atoms with Gasteiger partial charge in [-0.1, -0.05) is 18.2 Å². The first kappa shape index (κ1) is 19.4. The van der Waals surface area contributed by atoms with E-state index in [2.05, 4.69) is 21.0 Å². The highest BCUT2D eigenvalue weighted by molar-refractivity contribution is 8.00. The number of nitrogens with zero attached hydrogens (tertiary/aromatic N) is 1. The number of halogens is 3. The number of carbonyl (C=O) groups excluding carboxylic acids is 2. The standard InChI is InChI=1S/C17H11F3N4O3S/c18-17(19,20)28-10-7-5-9(6-8-10)14(25)22-24-16(27)13-11-3-1-2-4-12(11)15(26)23-21-13/h1-8H,(H,22,25)(H,23,26)(H,24,27). The number of benzene rings is 2. The van der Waals surface area contributed by atoms with Gasteiger partial charge < -0.3 is 0 Å². The highest BCUT2D eigenvalue weighted by Crippen LogP contribution is 2.36. The van der Waals surface area contributed by atoms with Gasteiger partial charge in [0.05, 0.1) is 5.39 Å². The van der Waals surface area contributed by atoms with Crippen molar-refractivity contribution in [2.75, 3.05) is 0 Å². The Morgan fingerprint density at radius 2 is 1.54 bits per heavy atom. The second kappa shape index (κ2) is 7.72. The number of aromatic nitrogens is 2. The molecule has 2 aromatic carbocycles. The third-order valence-corrected chi connectivity index (χ3v) is 4.29. The topological polar surface area (TPSA) is 104 Å². The Balaban J connectivity index is 1.69. The molecule has 28 heavy (non-hydrogen) atoms. The maximum absolute atomic E-state index is 12.3. The first-order chi connectivity index (χ1) is 13.2. The van der Waals surface area contributed by atoms with Crippen LogP contribution in [0.15, 0.2) is 58.2 Å². The van der Waals surface area contributed by atoms with E-state index in [0.717, 1.165) is 12.1 Å². The van der Waals surface area contributed by atoms with Crippen molar-refractivity contribution in [2.24, 2.45) is 0 Å². The molecule has 3 aromatic rings. The third kappa shape index (κ3) is 4.49. The van der Waals surface area contributed by atoms with E-state index in [4.69, 9.17) is 0 Å². The molecule has 0 saturated heterocycles. The lowest BCUT2D eigenvalue weighted by Gasteiger charge is -2.09. The molecule has 0 saturated carbocycles. The van der Waals surface area contributed by atoms with Crippen molar-refractivity contribution in [1.29, 1.82) is 0 Å². The zero-order valence-corrected chi connectivity index (χ0v) is 14.6. The number of hydrazine groups is 1. The first-order valence-corrected chi connectivity index (χ1v) is 8.50. The van der Waals surface area contributed by atoms with E-state index in [9.17, 15) is 27.6 Å². The normalized spacial score (nSPS) is 11.2. The van der Waals surface area contributed by atoms with Crippen molar-refractivity contribution >= 4 is 34.3 Å². The predicted molar refractivity (Wildman–Crippen MR) is 95.7 cm³/mol. The van der Waals surface area contributed by atoms with Crippen LogP contribution in [-0.2, 0) is 0 Å². The molecular formula is C17H11F3N4O3S. The van der Waals surface area contributed by atoms with Crippen molar-refractivity contribution < 1.29 is 22.8 Å². The second-order valence-corrected chi connectivity index (χ2v) is 6.57. The van der Waals surface area contributed by atoms with E-state index in [1.165, 1.54) is 24.3 Å². The van der Waals surface area contributed by atoms with Gasteiger partial charge in [0.25, 0.3) is 17.4 Å². The Morgan fingerprint density at radius 1 is 0.929 bits per heavy atom. The lowest BCUT2D eigenvalue weighted by molar-refractivity contribution is -0.0328. The number of fused-ring (bicyclic) bond motifs is 1. The van der Waals surface area contributed by atoms with Gasteiger partial charge in [-0.05, 0) is 42.1 Å². The first-order valence-electron chi connectivity index (χ1n) is 7.68. The number of rotatable bonds is 3. The maximum Gasteiger partial charge on any atom is 0.446 e. The SMILES string of the molecule is O=C(NNC(=O)c1n[nH]c(=O)c2ccccc12)c1ccc(SC(F)(F)F)cc1. The Morgan fingerprint density at radius 3 is 2.18 bits per heavy atom. The minimum atomic E-state index is -4.43. The number of alkyl halides is 3. The number of nitrogens with one attached hydrogen (secondary N) is 3. The van der Waals surface area contributed by atoms with Crippen LogP contribution in [0.5, 0.6) is 0 Å². The zero-order valence-electron chi connectivity index (χ0n) is 13.8. The number of carbonyl (C=O) groups is 2. The third-order valence-electron chi connectivity index (χ3n) is 3.55. The molecule has 0 radical (unpaired) electrons. The van der Waals surface area contributed by atoms with Gasteiger partial charge in [0.2, 0.25) is 0 Å². The fourth-order valence-electron chi connectivity index (χ4n) is 2.34. The summed E-state index contributed by atoms with van der Waals surface area (Å²) >= 11 is -0.300. The summed E-state index contributed by atoms with van der Waals surface area (Å²) in [5.74, 6) is -1.50. The van der Waals surface area contributed by atoms with Crippen LogP contribution >= 0.6 is 11.8 Å². The molecule has 0 spiro atoms. The fraction of sp³-hybridized carbons (Fsp3) is 0.0588. The smallest absolute Gasteiger partial charge is 0.267 e. The Bertz CT molecular complexity index is 1100. The fourth-order valence-corrected chi connectivity index (χ4v) is 2.88. The highest BCUT2D eigenvalue weighted by atomic mass is 32.2. The van der Waals surface area contributed by atoms with Crippen LogP contribution in [-0.4, -0.2) is 27.5 Å². The van der Waals surface area contributed by atoms with Crippen LogP contribution in [0.25, 0.3) is 10.8 Å². The van der Waals surface area contributed by atoms with E-state index in [1.54, 1.807) is 12.1 Å². The minimum absolute atomic E-state index is 0.0473. The van der Waals surface area contributed by atoms with Crippen molar-refractivity contribution in [2.45, 2.75) is 10.4 Å². The average Bonchev–Trinajstić information content (AvgIpc) is 2.66. The molecule has 2 amide bonds. The van der Waals surface area contributed by atoms with Gasteiger partial charge in [0.15, 0.2) is 5.69 Å². The van der Waals surface area contributed by atoms with Crippen molar-refractivity contribution in [3.8, 4) is 0 Å². The highest BCUT2D eigenvalue weighted by Gasteiger charge is 2.29. The molecular weight excluding hydrogens is 397 g/mol. The van der Waals surface area contributed by atoms with Crippen LogP contribution in [0.4, 0.5) is 13.2 Å². The van der Waals surface area contributed by atoms with E-state index >= 15 is 0 Å². The second-order valence-electron chi connectivity index (χ2n) is 5.43. The zero-order chi connectivity index (χ0) is 20.3. The quantitative estimate of drug-likeness (QED) is 0.457. The number of aromatic amines is 1. The van der Waals surface area contributed by atoms with Crippen molar-refractivity contribution in [3.63, 3.8) is 0 Å². The maximum atomic E-state index is 12.3. The molecule has 3 N–H and O–H groups in total. The number of amides is 2. The molecule has 1 heterocycles. The van der Waals surface area contributed by atoms with E-state index in [1.807, 2.05) is 0 Å². The molecule has 0 aliphatic heterocycles. The van der Waals surface area contributed by atoms with Gasteiger partial charge in [-0.25, -0.2) is 5.10 Å². The van der Waals surface area contributed by atoms with E-state index < -0.39 is 22.9 Å². The lowest BCUT2D eigenvalue weighted by Crippen LogP contribution is -2.42. The summed E-state index contributed by atoms with van der Waals surface area (Å²) in [6.45, 7) is 0. The summed E-state index contributed by atoms with van der Waals surface area (Å²) in [7, 11) is 0. The lowest BCUT2D eigenvalue weighted by atomic mass is 10.1. The van der Waals surface area contributed by atoms with Crippen molar-refractivity contribution in [3.05, 3.63) is 70.1 Å². The molecule has 7 nitrogen and oxygen atoms in total. The molecule has 1 aromatic heterocycles. The van der Waals surface area contributed by atoms with E-state index in [-0.39, 0.29) is 33.3 Å². The van der Waals surface area contributed by atoms with Crippen LogP contribution in [0, 0.1) is 0 Å². The largest absolute Gasteiger partial charge is 0.446 e. The van der Waals surface area contributed by atoms with Gasteiger partial charge in [0, 0.05) is 15.8 Å². The van der Waals surface area contributed by atoms with Crippen molar-refractivity contribution in [1.82, 2.24) is 21.0 Å². The molecule has 0 atom stereocenters. The molecule has 0 fully saturated rings. The Hall–Kier alpha value is -3.34. The van der Waals surface area contributed by atoms with Gasteiger partial charge in [0.1, 0.15) is 0 Å². The molecule has 0 aliphatic rings. The summed E-state index contributed by atoms with van der Waals surface area (Å²) in [6.07, 6.45) is 0. The molecule has 0 aliphatic carbocycles. The molecule has 144 valence electrons. The predicted octanol–water partition coefficient (Wildman–Crippen LogP) is 2.61.